The predicted molar refractivity (Wildman–Crippen MR) is 74.0 cm³/mol. The highest BCUT2D eigenvalue weighted by Gasteiger charge is 2.35. The Morgan fingerprint density at radius 2 is 1.95 bits per heavy atom. The Kier molecular flexibility index (Phi) is 3.67. The minimum atomic E-state index is -0.0786. The molecule has 3 rings (SSSR count). The highest BCUT2D eigenvalue weighted by atomic mass is 16.2. The molecular weight excluding hydrogens is 254 g/mol. The molecule has 0 unspecified atom stereocenters. The minimum Gasteiger partial charge on any atom is -0.349 e. The summed E-state index contributed by atoms with van der Waals surface area (Å²) in [7, 11) is 0. The van der Waals surface area contributed by atoms with Crippen LogP contribution in [0.1, 0.15) is 36.0 Å². The molecule has 5 nitrogen and oxygen atoms in total. The molecular formula is C15H19N3O2. The number of carbonyl (C=O) groups excluding carboxylic acids is 2. The molecule has 0 atom stereocenters. The maximum absolute atomic E-state index is 12.0. The van der Waals surface area contributed by atoms with Gasteiger partial charge in [-0.15, -0.1) is 0 Å². The summed E-state index contributed by atoms with van der Waals surface area (Å²) in [5, 5.41) is 3.02. The van der Waals surface area contributed by atoms with Crippen molar-refractivity contribution in [2.45, 2.75) is 31.7 Å². The van der Waals surface area contributed by atoms with Crippen LogP contribution in [0.3, 0.4) is 0 Å². The van der Waals surface area contributed by atoms with Gasteiger partial charge in [-0.1, -0.05) is 0 Å². The number of hydrogen-bond donors (Lipinski definition) is 1. The molecule has 1 aromatic rings. The first kappa shape index (κ1) is 13.1. The van der Waals surface area contributed by atoms with Gasteiger partial charge in [-0.2, -0.15) is 0 Å². The fourth-order valence-electron chi connectivity index (χ4n) is 2.60. The topological polar surface area (TPSA) is 62.3 Å². The number of piperidine rings is 1. The Morgan fingerprint density at radius 3 is 2.55 bits per heavy atom. The summed E-state index contributed by atoms with van der Waals surface area (Å²) in [5.41, 5.74) is 0.587. The molecule has 106 valence electrons. The Hall–Kier alpha value is -1.91. The zero-order valence-electron chi connectivity index (χ0n) is 11.4. The van der Waals surface area contributed by atoms with Crippen LogP contribution in [0.25, 0.3) is 0 Å². The van der Waals surface area contributed by atoms with Gasteiger partial charge in [-0.3, -0.25) is 14.6 Å². The Morgan fingerprint density at radius 1 is 1.20 bits per heavy atom. The molecule has 1 aromatic heterocycles. The Labute approximate surface area is 118 Å². The van der Waals surface area contributed by atoms with Gasteiger partial charge in [0.1, 0.15) is 0 Å². The largest absolute Gasteiger partial charge is 0.349 e. The average molecular weight is 273 g/mol. The van der Waals surface area contributed by atoms with Crippen molar-refractivity contribution in [1.29, 1.82) is 0 Å². The molecule has 20 heavy (non-hydrogen) atoms. The Bertz CT molecular complexity index is 491. The molecule has 2 heterocycles. The highest BCUT2D eigenvalue weighted by Crippen LogP contribution is 2.31. The first-order chi connectivity index (χ1) is 9.74. The normalized spacial score (nSPS) is 19.7. The van der Waals surface area contributed by atoms with E-state index in [4.69, 9.17) is 0 Å². The molecule has 0 aromatic carbocycles. The van der Waals surface area contributed by atoms with Crippen LogP contribution < -0.4 is 5.32 Å². The van der Waals surface area contributed by atoms with Crippen LogP contribution in [0.15, 0.2) is 24.5 Å². The van der Waals surface area contributed by atoms with E-state index in [-0.39, 0.29) is 17.9 Å². The summed E-state index contributed by atoms with van der Waals surface area (Å²) in [5.74, 6) is 0.517. The lowest BCUT2D eigenvalue weighted by Crippen LogP contribution is -2.47. The van der Waals surface area contributed by atoms with E-state index in [9.17, 15) is 9.59 Å². The third-order valence-corrected chi connectivity index (χ3v) is 3.99. The van der Waals surface area contributed by atoms with Crippen LogP contribution in [0.2, 0.25) is 0 Å². The summed E-state index contributed by atoms with van der Waals surface area (Å²) in [6.45, 7) is 1.51. The third-order valence-electron chi connectivity index (χ3n) is 3.99. The van der Waals surface area contributed by atoms with E-state index >= 15 is 0 Å². The number of aromatic nitrogens is 1. The van der Waals surface area contributed by atoms with E-state index in [1.54, 1.807) is 24.5 Å². The van der Waals surface area contributed by atoms with Gasteiger partial charge in [0.05, 0.1) is 5.56 Å². The smallest absolute Gasteiger partial charge is 0.253 e. The van der Waals surface area contributed by atoms with Crippen LogP contribution >= 0.6 is 0 Å². The molecule has 2 aliphatic rings. The average Bonchev–Trinajstić information content (AvgIpc) is 3.33. The number of amides is 2. The van der Waals surface area contributed by atoms with Gasteiger partial charge in [0, 0.05) is 37.4 Å². The van der Waals surface area contributed by atoms with Gasteiger partial charge in [0.2, 0.25) is 5.91 Å². The summed E-state index contributed by atoms with van der Waals surface area (Å²) < 4.78 is 0. The van der Waals surface area contributed by atoms with E-state index in [1.165, 1.54) is 0 Å². The van der Waals surface area contributed by atoms with E-state index < -0.39 is 0 Å². The van der Waals surface area contributed by atoms with Crippen molar-refractivity contribution in [3.63, 3.8) is 0 Å². The van der Waals surface area contributed by atoms with Gasteiger partial charge in [-0.05, 0) is 37.8 Å². The van der Waals surface area contributed by atoms with E-state index in [1.807, 2.05) is 4.90 Å². The number of carbonyl (C=O) groups is 2. The van der Waals surface area contributed by atoms with Crippen LogP contribution in [-0.2, 0) is 4.79 Å². The molecule has 5 heteroatoms. The number of pyridine rings is 1. The minimum absolute atomic E-state index is 0.0786. The molecule has 0 spiro atoms. The highest BCUT2D eigenvalue weighted by molar-refractivity contribution is 5.94. The number of likely N-dealkylation sites (tertiary alicyclic amines) is 1. The first-order valence-electron chi connectivity index (χ1n) is 7.24. The molecule has 1 aliphatic heterocycles. The van der Waals surface area contributed by atoms with Crippen molar-refractivity contribution in [1.82, 2.24) is 15.2 Å². The summed E-state index contributed by atoms with van der Waals surface area (Å²) in [4.78, 5) is 29.9. The maximum Gasteiger partial charge on any atom is 0.253 e. The molecule has 1 saturated heterocycles. The quantitative estimate of drug-likeness (QED) is 0.900. The van der Waals surface area contributed by atoms with Crippen LogP contribution in [0, 0.1) is 5.92 Å². The van der Waals surface area contributed by atoms with Crippen molar-refractivity contribution in [2.75, 3.05) is 13.1 Å². The lowest BCUT2D eigenvalue weighted by molar-refractivity contribution is -0.133. The molecule has 1 N–H and O–H groups in total. The molecule has 2 fully saturated rings. The third kappa shape index (κ3) is 2.98. The van der Waals surface area contributed by atoms with Crippen molar-refractivity contribution in [3.05, 3.63) is 30.1 Å². The lowest BCUT2D eigenvalue weighted by Gasteiger charge is -2.32. The molecule has 1 saturated carbocycles. The lowest BCUT2D eigenvalue weighted by atomic mass is 10.0. The van der Waals surface area contributed by atoms with Gasteiger partial charge in [-0.25, -0.2) is 0 Å². The van der Waals surface area contributed by atoms with Crippen molar-refractivity contribution < 1.29 is 9.59 Å². The zero-order valence-corrected chi connectivity index (χ0v) is 11.4. The summed E-state index contributed by atoms with van der Waals surface area (Å²) >= 11 is 0. The second-order valence-corrected chi connectivity index (χ2v) is 5.59. The number of hydrogen-bond acceptors (Lipinski definition) is 3. The predicted octanol–water partition coefficient (Wildman–Crippen LogP) is 1.21. The van der Waals surface area contributed by atoms with Crippen molar-refractivity contribution in [2.24, 2.45) is 5.92 Å². The maximum atomic E-state index is 12.0. The SMILES string of the molecule is O=C(NC1CCN(C(=O)C2CC2)CC1)c1cccnc1. The fraction of sp³-hybridized carbons (Fsp3) is 0.533. The van der Waals surface area contributed by atoms with Crippen molar-refractivity contribution >= 4 is 11.8 Å². The Balaban J connectivity index is 1.49. The number of nitrogens with zero attached hydrogens (tertiary/aromatic N) is 2. The van der Waals surface area contributed by atoms with Gasteiger partial charge in [0.25, 0.3) is 5.91 Å². The molecule has 2 amide bonds. The zero-order chi connectivity index (χ0) is 13.9. The van der Waals surface area contributed by atoms with Gasteiger partial charge >= 0.3 is 0 Å². The molecule has 0 radical (unpaired) electrons. The number of nitrogens with one attached hydrogen (secondary N) is 1. The van der Waals surface area contributed by atoms with E-state index in [2.05, 4.69) is 10.3 Å². The summed E-state index contributed by atoms with van der Waals surface area (Å²) in [6.07, 6.45) is 7.00. The van der Waals surface area contributed by atoms with Crippen LogP contribution in [0.5, 0.6) is 0 Å². The second kappa shape index (κ2) is 5.61. The van der Waals surface area contributed by atoms with Crippen LogP contribution in [0.4, 0.5) is 0 Å². The van der Waals surface area contributed by atoms with Crippen molar-refractivity contribution in [3.8, 4) is 0 Å². The molecule has 1 aliphatic carbocycles. The van der Waals surface area contributed by atoms with Gasteiger partial charge < -0.3 is 10.2 Å². The van der Waals surface area contributed by atoms with Crippen LogP contribution in [-0.4, -0.2) is 40.8 Å². The second-order valence-electron chi connectivity index (χ2n) is 5.59. The standard InChI is InChI=1S/C15H19N3O2/c19-14(12-2-1-7-16-10-12)17-13-5-8-18(9-6-13)15(20)11-3-4-11/h1-2,7,10-11,13H,3-6,8-9H2,(H,17,19). The van der Waals surface area contributed by atoms with E-state index in [0.29, 0.717) is 11.5 Å². The summed E-state index contributed by atoms with van der Waals surface area (Å²) in [6, 6.07) is 3.67. The number of rotatable bonds is 3. The monoisotopic (exact) mass is 273 g/mol. The molecule has 0 bridgehead atoms. The fourth-order valence-corrected chi connectivity index (χ4v) is 2.60. The van der Waals surface area contributed by atoms with Gasteiger partial charge in [0.15, 0.2) is 0 Å². The van der Waals surface area contributed by atoms with E-state index in [0.717, 1.165) is 38.8 Å². The first-order valence-corrected chi connectivity index (χ1v) is 7.24.